The average Bonchev–Trinajstić information content (AvgIpc) is 2.68. The van der Waals surface area contributed by atoms with E-state index in [2.05, 4.69) is 28.3 Å². The number of hydrogen-bond donors (Lipinski definition) is 1. The molecular weight excluding hydrogens is 220 g/mol. The molecule has 1 fully saturated rings. The first-order chi connectivity index (χ1) is 7.63. The molecule has 2 N–H and O–H groups in total. The lowest BCUT2D eigenvalue weighted by molar-refractivity contribution is 0.109. The van der Waals surface area contributed by atoms with Crippen LogP contribution in [0.2, 0.25) is 0 Å². The quantitative estimate of drug-likeness (QED) is 0.879. The van der Waals surface area contributed by atoms with Crippen LogP contribution < -0.4 is 5.73 Å². The van der Waals surface area contributed by atoms with Gasteiger partial charge in [-0.1, -0.05) is 24.8 Å². The lowest BCUT2D eigenvalue weighted by Gasteiger charge is -2.38. The molecule has 0 radical (unpaired) electrons. The lowest BCUT2D eigenvalue weighted by Crippen LogP contribution is -2.38. The second-order valence-corrected chi connectivity index (χ2v) is 5.81. The van der Waals surface area contributed by atoms with Crippen LogP contribution in [0.4, 0.5) is 5.00 Å². The second-order valence-electron chi connectivity index (χ2n) is 5.02. The minimum absolute atomic E-state index is 0.544. The van der Waals surface area contributed by atoms with Crippen molar-refractivity contribution in [3.05, 3.63) is 5.69 Å². The zero-order chi connectivity index (χ0) is 11.6. The van der Waals surface area contributed by atoms with E-state index < -0.39 is 0 Å². The van der Waals surface area contributed by atoms with Crippen LogP contribution in [0.3, 0.4) is 0 Å². The van der Waals surface area contributed by atoms with Gasteiger partial charge in [0.25, 0.3) is 0 Å². The van der Waals surface area contributed by atoms with E-state index in [0.29, 0.717) is 5.41 Å². The maximum atomic E-state index is 5.80. The first-order valence-corrected chi connectivity index (χ1v) is 6.69. The van der Waals surface area contributed by atoms with Crippen molar-refractivity contribution in [1.29, 1.82) is 0 Å². The number of nitrogens with two attached hydrogens (primary N) is 1. The third-order valence-electron chi connectivity index (χ3n) is 3.88. The summed E-state index contributed by atoms with van der Waals surface area (Å²) in [5.41, 5.74) is 7.30. The van der Waals surface area contributed by atoms with Gasteiger partial charge in [0.2, 0.25) is 0 Å². The van der Waals surface area contributed by atoms with Gasteiger partial charge in [-0.3, -0.25) is 4.90 Å². The molecule has 0 aliphatic carbocycles. The van der Waals surface area contributed by atoms with Crippen LogP contribution in [-0.4, -0.2) is 27.6 Å². The molecule has 1 aliphatic heterocycles. The highest BCUT2D eigenvalue weighted by Crippen LogP contribution is 2.34. The van der Waals surface area contributed by atoms with Gasteiger partial charge in [0.15, 0.2) is 0 Å². The van der Waals surface area contributed by atoms with Crippen molar-refractivity contribution in [2.24, 2.45) is 5.41 Å². The Morgan fingerprint density at radius 3 is 2.62 bits per heavy atom. The molecule has 0 bridgehead atoms. The standard InChI is InChI=1S/C11H20N4S/c1-3-11(2)4-6-15(7-5-11)8-9-10(12)16-14-13-9/h3-8,12H2,1-2H3. The van der Waals surface area contributed by atoms with E-state index in [-0.39, 0.29) is 0 Å². The zero-order valence-electron chi connectivity index (χ0n) is 10.1. The number of nitrogen functional groups attached to an aromatic ring is 1. The molecule has 90 valence electrons. The number of likely N-dealkylation sites (tertiary alicyclic amines) is 1. The average molecular weight is 240 g/mol. The molecule has 0 amide bonds. The highest BCUT2D eigenvalue weighted by molar-refractivity contribution is 7.09. The second kappa shape index (κ2) is 4.67. The molecular formula is C11H20N4S. The molecule has 4 nitrogen and oxygen atoms in total. The summed E-state index contributed by atoms with van der Waals surface area (Å²) in [7, 11) is 0. The molecule has 0 atom stereocenters. The van der Waals surface area contributed by atoms with E-state index in [0.717, 1.165) is 30.3 Å². The van der Waals surface area contributed by atoms with Gasteiger partial charge in [-0.25, -0.2) is 0 Å². The summed E-state index contributed by atoms with van der Waals surface area (Å²) >= 11 is 1.29. The van der Waals surface area contributed by atoms with E-state index in [9.17, 15) is 0 Å². The van der Waals surface area contributed by atoms with Crippen molar-refractivity contribution in [3.8, 4) is 0 Å². The van der Waals surface area contributed by atoms with E-state index >= 15 is 0 Å². The van der Waals surface area contributed by atoms with Gasteiger partial charge in [0, 0.05) is 18.1 Å². The fourth-order valence-corrected chi connectivity index (χ4v) is 2.58. The molecule has 1 aromatic rings. The van der Waals surface area contributed by atoms with Crippen molar-refractivity contribution >= 4 is 16.5 Å². The maximum absolute atomic E-state index is 5.80. The summed E-state index contributed by atoms with van der Waals surface area (Å²) in [5, 5.41) is 4.84. The Bertz CT molecular complexity index is 342. The lowest BCUT2D eigenvalue weighted by atomic mass is 9.78. The van der Waals surface area contributed by atoms with Crippen LogP contribution in [-0.2, 0) is 6.54 Å². The monoisotopic (exact) mass is 240 g/mol. The Hall–Kier alpha value is -0.680. The maximum Gasteiger partial charge on any atom is 0.132 e. The molecule has 1 saturated heterocycles. The van der Waals surface area contributed by atoms with E-state index in [4.69, 9.17) is 5.73 Å². The van der Waals surface area contributed by atoms with Gasteiger partial charge in [-0.15, -0.1) is 5.10 Å². The van der Waals surface area contributed by atoms with Crippen LogP contribution in [0.15, 0.2) is 0 Å². The van der Waals surface area contributed by atoms with E-state index in [1.165, 1.54) is 30.8 Å². The summed E-state index contributed by atoms with van der Waals surface area (Å²) in [6.45, 7) is 7.85. The molecule has 0 aromatic carbocycles. The van der Waals surface area contributed by atoms with Crippen molar-refractivity contribution in [3.63, 3.8) is 0 Å². The van der Waals surface area contributed by atoms with Crippen molar-refractivity contribution in [2.75, 3.05) is 18.8 Å². The SMILES string of the molecule is CCC1(C)CCN(Cc2nnsc2N)CC1. The Morgan fingerprint density at radius 2 is 2.12 bits per heavy atom. The van der Waals surface area contributed by atoms with Gasteiger partial charge >= 0.3 is 0 Å². The third-order valence-corrected chi connectivity index (χ3v) is 4.47. The van der Waals surface area contributed by atoms with Gasteiger partial charge in [-0.05, 0) is 31.3 Å². The molecule has 1 aliphatic rings. The van der Waals surface area contributed by atoms with Gasteiger partial charge in [0.1, 0.15) is 10.7 Å². The molecule has 2 heterocycles. The molecule has 16 heavy (non-hydrogen) atoms. The summed E-state index contributed by atoms with van der Waals surface area (Å²) in [4.78, 5) is 2.44. The number of nitrogens with zero attached hydrogens (tertiary/aromatic N) is 3. The summed E-state index contributed by atoms with van der Waals surface area (Å²) < 4.78 is 3.87. The van der Waals surface area contributed by atoms with Crippen molar-refractivity contribution in [1.82, 2.24) is 14.5 Å². The first-order valence-electron chi connectivity index (χ1n) is 5.92. The molecule has 0 saturated carbocycles. The van der Waals surface area contributed by atoms with E-state index in [1.807, 2.05) is 0 Å². The van der Waals surface area contributed by atoms with Gasteiger partial charge in [-0.2, -0.15) is 0 Å². The molecule has 0 spiro atoms. The topological polar surface area (TPSA) is 55.0 Å². The van der Waals surface area contributed by atoms with Gasteiger partial charge in [0.05, 0.1) is 0 Å². The van der Waals surface area contributed by atoms with E-state index in [1.54, 1.807) is 0 Å². The van der Waals surface area contributed by atoms with Crippen LogP contribution in [0.1, 0.15) is 38.8 Å². The first kappa shape index (κ1) is 11.8. The number of aromatic nitrogens is 2. The smallest absolute Gasteiger partial charge is 0.132 e. The largest absolute Gasteiger partial charge is 0.388 e. The number of piperidine rings is 1. The fraction of sp³-hybridized carbons (Fsp3) is 0.818. The minimum Gasteiger partial charge on any atom is -0.388 e. The van der Waals surface area contributed by atoms with Crippen LogP contribution in [0.5, 0.6) is 0 Å². The molecule has 1 aromatic heterocycles. The predicted molar refractivity (Wildman–Crippen MR) is 67.2 cm³/mol. The molecule has 5 heteroatoms. The summed E-state index contributed by atoms with van der Waals surface area (Å²) in [6, 6.07) is 0. The normalized spacial score (nSPS) is 21.1. The zero-order valence-corrected chi connectivity index (χ0v) is 10.9. The van der Waals surface area contributed by atoms with Crippen molar-refractivity contribution in [2.45, 2.75) is 39.7 Å². The van der Waals surface area contributed by atoms with Crippen LogP contribution >= 0.6 is 11.5 Å². The third kappa shape index (κ3) is 2.52. The number of hydrogen-bond acceptors (Lipinski definition) is 5. The van der Waals surface area contributed by atoms with Crippen molar-refractivity contribution < 1.29 is 0 Å². The van der Waals surface area contributed by atoms with Crippen LogP contribution in [0, 0.1) is 5.41 Å². The Kier molecular flexibility index (Phi) is 3.44. The molecule has 0 unspecified atom stereocenters. The predicted octanol–water partition coefficient (Wildman–Crippen LogP) is 2.13. The minimum atomic E-state index is 0.544. The highest BCUT2D eigenvalue weighted by Gasteiger charge is 2.28. The van der Waals surface area contributed by atoms with Gasteiger partial charge < -0.3 is 5.73 Å². The number of anilines is 1. The Balaban J connectivity index is 1.88. The fourth-order valence-electron chi connectivity index (χ4n) is 2.14. The Labute approximate surface area is 101 Å². The Morgan fingerprint density at radius 1 is 1.44 bits per heavy atom. The van der Waals surface area contributed by atoms with Crippen LogP contribution in [0.25, 0.3) is 0 Å². The highest BCUT2D eigenvalue weighted by atomic mass is 32.1. The molecule has 2 rings (SSSR count). The summed E-state index contributed by atoms with van der Waals surface area (Å²) in [5.74, 6) is 0. The summed E-state index contributed by atoms with van der Waals surface area (Å²) in [6.07, 6.45) is 3.84. The number of rotatable bonds is 3.